The predicted octanol–water partition coefficient (Wildman–Crippen LogP) is 4.44. The molecule has 1 aromatic carbocycles. The van der Waals surface area contributed by atoms with Crippen molar-refractivity contribution in [3.8, 4) is 0 Å². The molecule has 0 atom stereocenters. The molecule has 6 nitrogen and oxygen atoms in total. The number of nitrogens with one attached hydrogen (secondary N) is 1. The molecule has 29 heavy (non-hydrogen) atoms. The molecule has 0 aliphatic heterocycles. The van der Waals surface area contributed by atoms with Crippen molar-refractivity contribution in [1.29, 1.82) is 0 Å². The van der Waals surface area contributed by atoms with Gasteiger partial charge in [0.2, 0.25) is 5.91 Å². The second-order valence-electron chi connectivity index (χ2n) is 7.52. The Kier molecular flexibility index (Phi) is 6.75. The average molecular weight is 415 g/mol. The monoisotopic (exact) mass is 414 g/mol. The lowest BCUT2D eigenvalue weighted by Gasteiger charge is -2.20. The van der Waals surface area contributed by atoms with Crippen LogP contribution in [-0.2, 0) is 18.9 Å². The fourth-order valence-electron chi connectivity index (χ4n) is 3.76. The van der Waals surface area contributed by atoms with E-state index in [1.807, 2.05) is 31.2 Å². The van der Waals surface area contributed by atoms with Gasteiger partial charge >= 0.3 is 5.69 Å². The second kappa shape index (κ2) is 9.27. The first-order valence-electron chi connectivity index (χ1n) is 9.92. The van der Waals surface area contributed by atoms with Gasteiger partial charge in [-0.25, -0.2) is 4.79 Å². The van der Waals surface area contributed by atoms with Gasteiger partial charge in [0.1, 0.15) is 0 Å². The highest BCUT2D eigenvalue weighted by molar-refractivity contribution is 6.34. The predicted molar refractivity (Wildman–Crippen MR) is 117 cm³/mol. The number of amides is 1. The highest BCUT2D eigenvalue weighted by Crippen LogP contribution is 2.25. The molecule has 0 bridgehead atoms. The van der Waals surface area contributed by atoms with Gasteiger partial charge in [-0.3, -0.25) is 18.9 Å². The topological polar surface area (TPSA) is 68.9 Å². The van der Waals surface area contributed by atoms with Gasteiger partial charge < -0.3 is 5.32 Å². The van der Waals surface area contributed by atoms with Crippen LogP contribution in [0.4, 0.5) is 5.69 Å². The molecule has 7 heteroatoms. The quantitative estimate of drug-likeness (QED) is 0.674. The van der Waals surface area contributed by atoms with Crippen molar-refractivity contribution in [3.05, 3.63) is 57.7 Å². The zero-order chi connectivity index (χ0) is 21.0. The van der Waals surface area contributed by atoms with E-state index in [0.717, 1.165) is 35.3 Å². The Hall–Kier alpha value is -2.60. The van der Waals surface area contributed by atoms with E-state index >= 15 is 0 Å². The molecule has 0 unspecified atom stereocenters. The van der Waals surface area contributed by atoms with Gasteiger partial charge in [-0.2, -0.15) is 0 Å². The summed E-state index contributed by atoms with van der Waals surface area (Å²) in [4.78, 5) is 27.6. The smallest absolute Gasteiger partial charge is 0.326 e. The summed E-state index contributed by atoms with van der Waals surface area (Å²) in [6.45, 7) is 1.93. The van der Waals surface area contributed by atoms with Gasteiger partial charge in [0.05, 0.1) is 16.1 Å². The van der Waals surface area contributed by atoms with Crippen molar-refractivity contribution in [2.45, 2.75) is 39.0 Å². The number of halogens is 1. The van der Waals surface area contributed by atoms with E-state index in [1.54, 1.807) is 35.5 Å². The molecule has 1 N–H and O–H groups in total. The largest absolute Gasteiger partial charge is 0.328 e. The molecule has 0 spiro atoms. The van der Waals surface area contributed by atoms with Crippen LogP contribution in [0, 0.1) is 12.8 Å². The third-order valence-electron chi connectivity index (χ3n) is 5.38. The van der Waals surface area contributed by atoms with Crippen molar-refractivity contribution >= 4 is 34.2 Å². The van der Waals surface area contributed by atoms with Gasteiger partial charge in [-0.1, -0.05) is 36.9 Å². The Morgan fingerprint density at radius 2 is 1.86 bits per heavy atom. The Morgan fingerprint density at radius 1 is 1.14 bits per heavy atom. The van der Waals surface area contributed by atoms with Crippen molar-refractivity contribution < 1.29 is 4.79 Å². The standard InChI is InChI=1S/C13H18N2O.C9H9ClN2O/c1-10-9-12(7-8-14-10)15-13(16)11-5-3-2-4-6-11;1-11-7-5-3-4-6(10)8(7)12(2)9(11)13/h7-9,11H,2-6H2,1H3,(H,14,15,16);3-5H,1-2H3. The van der Waals surface area contributed by atoms with E-state index in [1.165, 1.54) is 19.3 Å². The number of benzene rings is 1. The Labute approximate surface area is 175 Å². The number of para-hydroxylation sites is 1. The van der Waals surface area contributed by atoms with Crippen LogP contribution in [0.3, 0.4) is 0 Å². The maximum absolute atomic E-state index is 11.9. The number of imidazole rings is 1. The lowest BCUT2D eigenvalue weighted by molar-refractivity contribution is -0.120. The van der Waals surface area contributed by atoms with E-state index in [2.05, 4.69) is 10.3 Å². The van der Waals surface area contributed by atoms with Crippen LogP contribution < -0.4 is 11.0 Å². The maximum atomic E-state index is 11.9. The van der Waals surface area contributed by atoms with Crippen LogP contribution in [0.15, 0.2) is 41.3 Å². The fraction of sp³-hybridized carbons (Fsp3) is 0.409. The Bertz CT molecular complexity index is 1060. The number of nitrogens with zero attached hydrogens (tertiary/aromatic N) is 3. The fourth-order valence-corrected chi connectivity index (χ4v) is 4.06. The maximum Gasteiger partial charge on any atom is 0.328 e. The molecular formula is C22H27ClN4O2. The van der Waals surface area contributed by atoms with Crippen LogP contribution in [-0.4, -0.2) is 20.0 Å². The highest BCUT2D eigenvalue weighted by atomic mass is 35.5. The lowest BCUT2D eigenvalue weighted by atomic mass is 9.88. The summed E-state index contributed by atoms with van der Waals surface area (Å²) in [6, 6.07) is 9.24. The number of hydrogen-bond donors (Lipinski definition) is 1. The van der Waals surface area contributed by atoms with Gasteiger partial charge in [-0.15, -0.1) is 0 Å². The van der Waals surface area contributed by atoms with E-state index in [9.17, 15) is 9.59 Å². The summed E-state index contributed by atoms with van der Waals surface area (Å²) >= 11 is 5.97. The van der Waals surface area contributed by atoms with Crippen LogP contribution in [0.5, 0.6) is 0 Å². The highest BCUT2D eigenvalue weighted by Gasteiger charge is 2.20. The van der Waals surface area contributed by atoms with Crippen LogP contribution in [0.2, 0.25) is 5.02 Å². The van der Waals surface area contributed by atoms with Gasteiger partial charge in [0.15, 0.2) is 0 Å². The first kappa shape index (κ1) is 21.1. The number of pyridine rings is 1. The van der Waals surface area contributed by atoms with Gasteiger partial charge in [-0.05, 0) is 44.0 Å². The zero-order valence-electron chi connectivity index (χ0n) is 17.1. The molecule has 1 saturated carbocycles. The van der Waals surface area contributed by atoms with Crippen molar-refractivity contribution in [2.24, 2.45) is 20.0 Å². The summed E-state index contributed by atoms with van der Waals surface area (Å²) in [5.74, 6) is 0.382. The minimum absolute atomic E-state index is 0.0527. The minimum Gasteiger partial charge on any atom is -0.326 e. The van der Waals surface area contributed by atoms with E-state index in [4.69, 9.17) is 11.6 Å². The van der Waals surface area contributed by atoms with Crippen molar-refractivity contribution in [2.75, 3.05) is 5.32 Å². The van der Waals surface area contributed by atoms with Gasteiger partial charge in [0, 0.05) is 37.6 Å². The molecule has 0 saturated heterocycles. The molecule has 3 aromatic rings. The number of rotatable bonds is 2. The number of carbonyl (C=O) groups excluding carboxylic acids is 1. The third-order valence-corrected chi connectivity index (χ3v) is 5.68. The molecule has 154 valence electrons. The first-order valence-corrected chi connectivity index (χ1v) is 10.3. The Morgan fingerprint density at radius 3 is 2.52 bits per heavy atom. The molecule has 1 amide bonds. The molecule has 1 aliphatic carbocycles. The number of carbonyl (C=O) groups is 1. The first-order chi connectivity index (χ1) is 13.9. The molecule has 0 radical (unpaired) electrons. The summed E-state index contributed by atoms with van der Waals surface area (Å²) in [5.41, 5.74) is 3.39. The molecule has 4 rings (SSSR count). The van der Waals surface area contributed by atoms with E-state index < -0.39 is 0 Å². The summed E-state index contributed by atoms with van der Waals surface area (Å²) in [6.07, 6.45) is 7.46. The van der Waals surface area contributed by atoms with Crippen LogP contribution in [0.25, 0.3) is 11.0 Å². The van der Waals surface area contributed by atoms with Gasteiger partial charge in [0.25, 0.3) is 0 Å². The third kappa shape index (κ3) is 4.88. The minimum atomic E-state index is -0.0527. The molecule has 2 aromatic heterocycles. The van der Waals surface area contributed by atoms with Crippen molar-refractivity contribution in [3.63, 3.8) is 0 Å². The zero-order valence-corrected chi connectivity index (χ0v) is 17.9. The number of fused-ring (bicyclic) bond motifs is 1. The number of aromatic nitrogens is 3. The lowest BCUT2D eigenvalue weighted by Crippen LogP contribution is -2.24. The van der Waals surface area contributed by atoms with E-state index in [0.29, 0.717) is 5.02 Å². The van der Waals surface area contributed by atoms with Crippen LogP contribution in [0.1, 0.15) is 37.8 Å². The average Bonchev–Trinajstić information content (AvgIpc) is 2.94. The molecule has 2 heterocycles. The summed E-state index contributed by atoms with van der Waals surface area (Å²) < 4.78 is 3.14. The number of anilines is 1. The van der Waals surface area contributed by atoms with E-state index in [-0.39, 0.29) is 17.5 Å². The van der Waals surface area contributed by atoms with Crippen LogP contribution >= 0.6 is 11.6 Å². The second-order valence-corrected chi connectivity index (χ2v) is 7.93. The molecule has 1 fully saturated rings. The molecular weight excluding hydrogens is 388 g/mol. The van der Waals surface area contributed by atoms with Crippen molar-refractivity contribution in [1.82, 2.24) is 14.1 Å². The molecule has 1 aliphatic rings. The normalized spacial score (nSPS) is 14.3. The summed E-state index contributed by atoms with van der Waals surface area (Å²) in [5, 5.41) is 3.58. The number of hydrogen-bond acceptors (Lipinski definition) is 3. The number of aryl methyl sites for hydroxylation is 3. The SMILES string of the molecule is Cc1cc(NC(=O)C2CCCCC2)ccn1.Cn1c(=O)n(C)c2c(Cl)cccc21. The Balaban J connectivity index is 0.000000169. The summed E-state index contributed by atoms with van der Waals surface area (Å²) in [7, 11) is 3.46.